The Hall–Kier alpha value is -3.46. The van der Waals surface area contributed by atoms with E-state index in [-0.39, 0.29) is 5.41 Å². The fourth-order valence-electron chi connectivity index (χ4n) is 3.84. The van der Waals surface area contributed by atoms with Crippen LogP contribution in [0.3, 0.4) is 0 Å². The van der Waals surface area contributed by atoms with E-state index in [0.29, 0.717) is 0 Å². The van der Waals surface area contributed by atoms with Crippen molar-refractivity contribution in [1.29, 1.82) is 0 Å². The highest BCUT2D eigenvalue weighted by Gasteiger charge is 2.19. The molecule has 29 heavy (non-hydrogen) atoms. The maximum absolute atomic E-state index is 6.00. The van der Waals surface area contributed by atoms with Crippen molar-refractivity contribution in [3.8, 4) is 22.7 Å². The van der Waals surface area contributed by atoms with Gasteiger partial charge in [0.25, 0.3) is 0 Å². The Labute approximate surface area is 170 Å². The highest BCUT2D eigenvalue weighted by molar-refractivity contribution is 5.91. The molecule has 0 saturated carbocycles. The van der Waals surface area contributed by atoms with Gasteiger partial charge in [0.05, 0.1) is 5.69 Å². The molecule has 0 aliphatic rings. The van der Waals surface area contributed by atoms with Crippen LogP contribution in [0.1, 0.15) is 26.3 Å². The van der Waals surface area contributed by atoms with Gasteiger partial charge in [0.2, 0.25) is 0 Å². The first kappa shape index (κ1) is 17.6. The van der Waals surface area contributed by atoms with E-state index < -0.39 is 0 Å². The maximum Gasteiger partial charge on any atom is 0.153 e. The summed E-state index contributed by atoms with van der Waals surface area (Å²) in [5.41, 5.74) is 4.99. The molecule has 2 aromatic heterocycles. The third-order valence-corrected chi connectivity index (χ3v) is 5.31. The van der Waals surface area contributed by atoms with E-state index in [1.165, 1.54) is 16.3 Å². The molecule has 3 nitrogen and oxygen atoms in total. The molecule has 3 heteroatoms. The van der Waals surface area contributed by atoms with Gasteiger partial charge in [-0.15, -0.1) is 0 Å². The number of hydrogen-bond acceptors (Lipinski definition) is 3. The van der Waals surface area contributed by atoms with E-state index in [1.54, 1.807) is 6.33 Å². The van der Waals surface area contributed by atoms with E-state index in [4.69, 9.17) is 4.42 Å². The molecule has 0 atom stereocenters. The Morgan fingerprint density at radius 1 is 0.724 bits per heavy atom. The van der Waals surface area contributed by atoms with Gasteiger partial charge in [-0.05, 0) is 52.1 Å². The van der Waals surface area contributed by atoms with Gasteiger partial charge in [0.1, 0.15) is 17.6 Å². The van der Waals surface area contributed by atoms with Crippen molar-refractivity contribution in [2.45, 2.75) is 26.2 Å². The van der Waals surface area contributed by atoms with Crippen molar-refractivity contribution >= 4 is 21.7 Å². The number of fused-ring (bicyclic) bond motifs is 2. The predicted molar refractivity (Wildman–Crippen MR) is 119 cm³/mol. The normalized spacial score (nSPS) is 12.0. The van der Waals surface area contributed by atoms with E-state index in [9.17, 15) is 0 Å². The second-order valence-corrected chi connectivity index (χ2v) is 8.43. The van der Waals surface area contributed by atoms with Gasteiger partial charge >= 0.3 is 0 Å². The first-order valence-electron chi connectivity index (χ1n) is 9.84. The molecule has 5 aromatic rings. The number of benzene rings is 3. The van der Waals surface area contributed by atoms with Gasteiger partial charge < -0.3 is 4.42 Å². The molecule has 142 valence electrons. The Balaban J connectivity index is 1.67. The lowest BCUT2D eigenvalue weighted by Crippen LogP contribution is -2.12. The Morgan fingerprint density at radius 3 is 2.24 bits per heavy atom. The zero-order valence-electron chi connectivity index (χ0n) is 16.8. The quantitative estimate of drug-likeness (QED) is 0.332. The molecule has 0 aliphatic heterocycles. The minimum absolute atomic E-state index is 0.0320. The predicted octanol–water partition coefficient (Wildman–Crippen LogP) is 7.01. The number of hydrogen-bond donors (Lipinski definition) is 0. The second kappa shape index (κ2) is 6.56. The molecule has 0 bridgehead atoms. The topological polar surface area (TPSA) is 38.9 Å². The van der Waals surface area contributed by atoms with Crippen LogP contribution in [0.5, 0.6) is 0 Å². The zero-order chi connectivity index (χ0) is 20.0. The van der Waals surface area contributed by atoms with Crippen LogP contribution in [0, 0.1) is 0 Å². The van der Waals surface area contributed by atoms with Crippen LogP contribution >= 0.6 is 0 Å². The summed E-state index contributed by atoms with van der Waals surface area (Å²) in [7, 11) is 0. The average Bonchev–Trinajstić information content (AvgIpc) is 3.17. The smallest absolute Gasteiger partial charge is 0.153 e. The van der Waals surface area contributed by atoms with Crippen LogP contribution in [0.4, 0.5) is 0 Å². The molecule has 0 unspecified atom stereocenters. The lowest BCUT2D eigenvalue weighted by atomic mass is 9.82. The fourth-order valence-corrected chi connectivity index (χ4v) is 3.84. The monoisotopic (exact) mass is 378 g/mol. The molecule has 5 rings (SSSR count). The number of rotatable bonds is 2. The van der Waals surface area contributed by atoms with Crippen molar-refractivity contribution in [2.75, 3.05) is 0 Å². The molecule has 0 aliphatic carbocycles. The highest BCUT2D eigenvalue weighted by Crippen LogP contribution is 2.35. The second-order valence-electron chi connectivity index (χ2n) is 8.43. The van der Waals surface area contributed by atoms with Crippen molar-refractivity contribution in [3.05, 3.63) is 84.7 Å². The number of furan rings is 1. The Morgan fingerprint density at radius 2 is 1.45 bits per heavy atom. The highest BCUT2D eigenvalue weighted by atomic mass is 16.3. The Kier molecular flexibility index (Phi) is 3.99. The Bertz CT molecular complexity index is 1310. The molecule has 0 amide bonds. The van der Waals surface area contributed by atoms with E-state index in [0.717, 1.165) is 33.7 Å². The molecular weight excluding hydrogens is 356 g/mol. The number of para-hydroxylation sites is 1. The molecule has 2 heterocycles. The SMILES string of the molecule is CC(C)(C)c1cc(-c2cc(-c3cc4ccccc4o3)ncn2)cc2ccccc12. The van der Waals surface area contributed by atoms with Gasteiger partial charge in [0, 0.05) is 10.9 Å². The molecule has 3 aromatic carbocycles. The van der Waals surface area contributed by atoms with Crippen molar-refractivity contribution in [3.63, 3.8) is 0 Å². The van der Waals surface area contributed by atoms with E-state index >= 15 is 0 Å². The summed E-state index contributed by atoms with van der Waals surface area (Å²) in [6.45, 7) is 6.75. The van der Waals surface area contributed by atoms with Gasteiger partial charge in [-0.3, -0.25) is 0 Å². The standard InChI is InChI=1S/C26H22N2O/c1-26(2,3)21-13-19(12-17-8-4-6-10-20(17)21)22-15-23(28-16-27-22)25-14-18-9-5-7-11-24(18)29-25/h4-16H,1-3H3. The van der Waals surface area contributed by atoms with Crippen LogP contribution < -0.4 is 0 Å². The largest absolute Gasteiger partial charge is 0.454 e. The van der Waals surface area contributed by atoms with Crippen LogP contribution in [0.2, 0.25) is 0 Å². The molecule has 0 radical (unpaired) electrons. The molecular formula is C26H22N2O. The first-order chi connectivity index (χ1) is 14.0. The minimum Gasteiger partial charge on any atom is -0.454 e. The van der Waals surface area contributed by atoms with E-state index in [1.807, 2.05) is 36.4 Å². The number of nitrogens with zero attached hydrogens (tertiary/aromatic N) is 2. The minimum atomic E-state index is 0.0320. The summed E-state index contributed by atoms with van der Waals surface area (Å²) >= 11 is 0. The molecule has 0 N–H and O–H groups in total. The van der Waals surface area contributed by atoms with Crippen molar-refractivity contribution < 1.29 is 4.42 Å². The third kappa shape index (κ3) is 3.19. The average molecular weight is 378 g/mol. The van der Waals surface area contributed by atoms with Gasteiger partial charge in [0.15, 0.2) is 5.76 Å². The zero-order valence-corrected chi connectivity index (χ0v) is 16.8. The summed E-state index contributed by atoms with van der Waals surface area (Å²) < 4.78 is 6.00. The molecule has 0 saturated heterocycles. The van der Waals surface area contributed by atoms with Gasteiger partial charge in [-0.1, -0.05) is 63.2 Å². The first-order valence-corrected chi connectivity index (χ1v) is 9.84. The third-order valence-electron chi connectivity index (χ3n) is 5.31. The van der Waals surface area contributed by atoms with E-state index in [2.05, 4.69) is 67.1 Å². The lowest BCUT2D eigenvalue weighted by molar-refractivity contribution is 0.596. The summed E-state index contributed by atoms with van der Waals surface area (Å²) in [5.74, 6) is 0.756. The number of aromatic nitrogens is 2. The molecule has 0 spiro atoms. The lowest BCUT2D eigenvalue weighted by Gasteiger charge is -2.22. The van der Waals surface area contributed by atoms with Gasteiger partial charge in [-0.25, -0.2) is 9.97 Å². The van der Waals surface area contributed by atoms with Crippen molar-refractivity contribution in [2.24, 2.45) is 0 Å². The van der Waals surface area contributed by atoms with Crippen LogP contribution in [0.25, 0.3) is 44.5 Å². The maximum atomic E-state index is 6.00. The summed E-state index contributed by atoms with van der Waals surface area (Å²) in [4.78, 5) is 9.03. The summed E-state index contributed by atoms with van der Waals surface area (Å²) in [6, 6.07) is 25.0. The van der Waals surface area contributed by atoms with Crippen LogP contribution in [-0.2, 0) is 5.41 Å². The summed E-state index contributed by atoms with van der Waals surface area (Å²) in [6.07, 6.45) is 1.61. The van der Waals surface area contributed by atoms with Crippen molar-refractivity contribution in [1.82, 2.24) is 9.97 Å². The van der Waals surface area contributed by atoms with Crippen LogP contribution in [-0.4, -0.2) is 9.97 Å². The van der Waals surface area contributed by atoms with Gasteiger partial charge in [-0.2, -0.15) is 0 Å². The fraction of sp³-hybridized carbons (Fsp3) is 0.154. The summed E-state index contributed by atoms with van der Waals surface area (Å²) in [5, 5.41) is 3.58. The van der Waals surface area contributed by atoms with Crippen LogP contribution in [0.15, 0.2) is 83.5 Å². The molecule has 0 fully saturated rings.